The molecule has 0 aliphatic rings. The van der Waals surface area contributed by atoms with Crippen LogP contribution in [-0.4, -0.2) is 30.5 Å². The maximum Gasteiger partial charge on any atom is 0.222 e. The number of benzene rings is 1. The highest BCUT2D eigenvalue weighted by Gasteiger charge is 2.11. The van der Waals surface area contributed by atoms with Crippen molar-refractivity contribution in [3.05, 3.63) is 28.2 Å². The van der Waals surface area contributed by atoms with Crippen LogP contribution in [-0.2, 0) is 4.79 Å². The molecule has 1 rings (SSSR count). The predicted octanol–water partition coefficient (Wildman–Crippen LogP) is 4.80. The molecule has 0 radical (unpaired) electrons. The van der Waals surface area contributed by atoms with Crippen molar-refractivity contribution in [2.75, 3.05) is 19.7 Å². The summed E-state index contributed by atoms with van der Waals surface area (Å²) in [4.78, 5) is 14.0. The molecule has 0 saturated heterocycles. The highest BCUT2D eigenvalue weighted by Crippen LogP contribution is 2.27. The average molecular weight is 332 g/mol. The van der Waals surface area contributed by atoms with Crippen LogP contribution in [0.1, 0.15) is 39.5 Å². The number of rotatable bonds is 9. The lowest BCUT2D eigenvalue weighted by molar-refractivity contribution is -0.131. The summed E-state index contributed by atoms with van der Waals surface area (Å²) >= 11 is 11.8. The Kier molecular flexibility index (Phi) is 8.55. The summed E-state index contributed by atoms with van der Waals surface area (Å²) in [5, 5.41) is 1.07. The molecule has 0 atom stereocenters. The monoisotopic (exact) mass is 331 g/mol. The third-order valence-corrected chi connectivity index (χ3v) is 3.56. The van der Waals surface area contributed by atoms with Crippen LogP contribution in [0.25, 0.3) is 0 Å². The van der Waals surface area contributed by atoms with Gasteiger partial charge in [0.15, 0.2) is 0 Å². The summed E-state index contributed by atoms with van der Waals surface area (Å²) in [7, 11) is 0. The minimum absolute atomic E-state index is 0.199. The van der Waals surface area contributed by atoms with E-state index in [1.54, 1.807) is 18.2 Å². The van der Waals surface area contributed by atoms with Gasteiger partial charge in [-0.2, -0.15) is 0 Å². The summed E-state index contributed by atoms with van der Waals surface area (Å²) in [5.41, 5.74) is 0. The predicted molar refractivity (Wildman–Crippen MR) is 88.4 cm³/mol. The third-order valence-electron chi connectivity index (χ3n) is 3.03. The molecule has 0 heterocycles. The van der Waals surface area contributed by atoms with Crippen molar-refractivity contribution in [2.24, 2.45) is 0 Å². The van der Waals surface area contributed by atoms with Crippen LogP contribution < -0.4 is 4.74 Å². The van der Waals surface area contributed by atoms with Gasteiger partial charge in [-0.3, -0.25) is 4.79 Å². The van der Waals surface area contributed by atoms with Crippen molar-refractivity contribution in [1.82, 2.24) is 4.90 Å². The first-order valence-electron chi connectivity index (χ1n) is 7.44. The second-order valence-electron chi connectivity index (χ2n) is 4.91. The Morgan fingerprint density at radius 2 is 1.86 bits per heavy atom. The molecule has 0 fully saturated rings. The van der Waals surface area contributed by atoms with E-state index < -0.39 is 0 Å². The Morgan fingerprint density at radius 3 is 2.43 bits per heavy atom. The Hall–Kier alpha value is -0.930. The fourth-order valence-electron chi connectivity index (χ4n) is 2.06. The molecular weight excluding hydrogens is 309 g/mol. The Labute approximate surface area is 137 Å². The zero-order chi connectivity index (χ0) is 15.7. The standard InChI is InChI=1S/C16H23Cl2NO2/c1-3-9-19(10-4-2)16(20)6-5-11-21-15-8-7-13(17)12-14(15)18/h7-8,12H,3-6,9-11H2,1-2H3. The van der Waals surface area contributed by atoms with Gasteiger partial charge in [0.05, 0.1) is 11.6 Å². The highest BCUT2D eigenvalue weighted by molar-refractivity contribution is 6.35. The normalized spacial score (nSPS) is 10.5. The van der Waals surface area contributed by atoms with Crippen molar-refractivity contribution in [3.8, 4) is 5.75 Å². The Balaban J connectivity index is 2.34. The summed E-state index contributed by atoms with van der Waals surface area (Å²) in [6, 6.07) is 5.12. The van der Waals surface area contributed by atoms with Crippen molar-refractivity contribution in [2.45, 2.75) is 39.5 Å². The zero-order valence-corrected chi connectivity index (χ0v) is 14.2. The van der Waals surface area contributed by atoms with E-state index in [1.165, 1.54) is 0 Å². The molecule has 0 N–H and O–H groups in total. The second-order valence-corrected chi connectivity index (χ2v) is 5.75. The summed E-state index contributed by atoms with van der Waals surface area (Å²) in [5.74, 6) is 0.803. The molecule has 0 saturated carbocycles. The number of nitrogens with zero attached hydrogens (tertiary/aromatic N) is 1. The zero-order valence-electron chi connectivity index (χ0n) is 12.7. The van der Waals surface area contributed by atoms with Crippen molar-refractivity contribution in [3.63, 3.8) is 0 Å². The van der Waals surface area contributed by atoms with Gasteiger partial charge in [0.2, 0.25) is 5.91 Å². The first kappa shape index (κ1) is 18.1. The van der Waals surface area contributed by atoms with Gasteiger partial charge >= 0.3 is 0 Å². The van der Waals surface area contributed by atoms with Crippen LogP contribution in [0.2, 0.25) is 10.0 Å². The van der Waals surface area contributed by atoms with Gasteiger partial charge in [-0.25, -0.2) is 0 Å². The summed E-state index contributed by atoms with van der Waals surface area (Å²) < 4.78 is 5.58. The minimum atomic E-state index is 0.199. The number of ether oxygens (including phenoxy) is 1. The fraction of sp³-hybridized carbons (Fsp3) is 0.562. The molecule has 5 heteroatoms. The Morgan fingerprint density at radius 1 is 1.19 bits per heavy atom. The molecule has 0 unspecified atom stereocenters. The van der Waals surface area contributed by atoms with E-state index in [0.717, 1.165) is 25.9 Å². The van der Waals surface area contributed by atoms with Crippen LogP contribution >= 0.6 is 23.2 Å². The van der Waals surface area contributed by atoms with Gasteiger partial charge in [0.25, 0.3) is 0 Å². The number of carbonyl (C=O) groups is 1. The maximum absolute atomic E-state index is 12.1. The van der Waals surface area contributed by atoms with Crippen LogP contribution in [0.15, 0.2) is 18.2 Å². The van der Waals surface area contributed by atoms with E-state index in [-0.39, 0.29) is 5.91 Å². The molecule has 21 heavy (non-hydrogen) atoms. The number of hydrogen-bond acceptors (Lipinski definition) is 2. The molecule has 0 aliphatic heterocycles. The number of amides is 1. The first-order chi connectivity index (χ1) is 10.1. The molecule has 0 aromatic heterocycles. The molecular formula is C16H23Cl2NO2. The van der Waals surface area contributed by atoms with Crippen molar-refractivity contribution in [1.29, 1.82) is 0 Å². The van der Waals surface area contributed by atoms with Gasteiger partial charge in [0, 0.05) is 24.5 Å². The molecule has 1 aromatic carbocycles. The second kappa shape index (κ2) is 9.91. The SMILES string of the molecule is CCCN(CCC)C(=O)CCCOc1ccc(Cl)cc1Cl. The molecule has 1 amide bonds. The quantitative estimate of drug-likeness (QED) is 0.608. The number of halogens is 2. The van der Waals surface area contributed by atoms with Crippen LogP contribution in [0.5, 0.6) is 5.75 Å². The van der Waals surface area contributed by atoms with Gasteiger partial charge in [-0.15, -0.1) is 0 Å². The number of carbonyl (C=O) groups excluding carboxylic acids is 1. The largest absolute Gasteiger partial charge is 0.492 e. The van der Waals surface area contributed by atoms with E-state index in [9.17, 15) is 4.79 Å². The van der Waals surface area contributed by atoms with Gasteiger partial charge in [-0.1, -0.05) is 37.0 Å². The molecule has 1 aromatic rings. The van der Waals surface area contributed by atoms with Crippen LogP contribution in [0, 0.1) is 0 Å². The number of hydrogen-bond donors (Lipinski definition) is 0. The maximum atomic E-state index is 12.1. The Bertz CT molecular complexity index is 446. The van der Waals surface area contributed by atoms with Gasteiger partial charge in [-0.05, 0) is 37.5 Å². The van der Waals surface area contributed by atoms with Crippen LogP contribution in [0.4, 0.5) is 0 Å². The lowest BCUT2D eigenvalue weighted by atomic mass is 10.2. The van der Waals surface area contributed by atoms with E-state index in [0.29, 0.717) is 35.2 Å². The molecule has 0 bridgehead atoms. The lowest BCUT2D eigenvalue weighted by Crippen LogP contribution is -2.32. The van der Waals surface area contributed by atoms with E-state index >= 15 is 0 Å². The fourth-order valence-corrected chi connectivity index (χ4v) is 2.52. The molecule has 0 aliphatic carbocycles. The topological polar surface area (TPSA) is 29.5 Å². The van der Waals surface area contributed by atoms with E-state index in [1.807, 2.05) is 4.90 Å². The average Bonchev–Trinajstić information content (AvgIpc) is 2.45. The highest BCUT2D eigenvalue weighted by atomic mass is 35.5. The minimum Gasteiger partial charge on any atom is -0.492 e. The van der Waals surface area contributed by atoms with E-state index in [4.69, 9.17) is 27.9 Å². The van der Waals surface area contributed by atoms with Crippen molar-refractivity contribution >= 4 is 29.1 Å². The molecule has 0 spiro atoms. The van der Waals surface area contributed by atoms with Crippen molar-refractivity contribution < 1.29 is 9.53 Å². The summed E-state index contributed by atoms with van der Waals surface area (Å²) in [6.07, 6.45) is 3.16. The molecule has 118 valence electrons. The van der Waals surface area contributed by atoms with Crippen LogP contribution in [0.3, 0.4) is 0 Å². The van der Waals surface area contributed by atoms with Gasteiger partial charge < -0.3 is 9.64 Å². The lowest BCUT2D eigenvalue weighted by Gasteiger charge is -2.21. The first-order valence-corrected chi connectivity index (χ1v) is 8.19. The third kappa shape index (κ3) is 6.58. The smallest absolute Gasteiger partial charge is 0.222 e. The van der Waals surface area contributed by atoms with Gasteiger partial charge in [0.1, 0.15) is 5.75 Å². The summed E-state index contributed by atoms with van der Waals surface area (Å²) in [6.45, 7) is 6.30. The molecule has 3 nitrogen and oxygen atoms in total. The van der Waals surface area contributed by atoms with E-state index in [2.05, 4.69) is 13.8 Å².